The minimum absolute atomic E-state index is 0.869. The third-order valence-corrected chi connectivity index (χ3v) is 3.12. The van der Waals surface area contributed by atoms with E-state index >= 15 is 0 Å². The van der Waals surface area contributed by atoms with E-state index in [9.17, 15) is 0 Å². The van der Waals surface area contributed by atoms with Crippen molar-refractivity contribution in [3.8, 4) is 0 Å². The number of hydrogen-bond acceptors (Lipinski definition) is 0. The highest BCUT2D eigenvalue weighted by Crippen LogP contribution is 2.27. The molecule has 0 heterocycles. The summed E-state index contributed by atoms with van der Waals surface area (Å²) < 4.78 is 1.11. The molecule has 0 saturated heterocycles. The third kappa shape index (κ3) is 2.09. The Morgan fingerprint density at radius 1 is 1.36 bits per heavy atom. The van der Waals surface area contributed by atoms with Gasteiger partial charge in [0.2, 0.25) is 0 Å². The zero-order valence-electron chi connectivity index (χ0n) is 6.49. The van der Waals surface area contributed by atoms with Gasteiger partial charge in [-0.3, -0.25) is 0 Å². The summed E-state index contributed by atoms with van der Waals surface area (Å²) in [5.41, 5.74) is 1.15. The van der Waals surface area contributed by atoms with Crippen LogP contribution < -0.4 is 0 Å². The van der Waals surface area contributed by atoms with Crippen molar-refractivity contribution in [3.63, 3.8) is 0 Å². The molecule has 0 nitrogen and oxygen atoms in total. The number of halogens is 2. The Hall–Kier alpha value is 0.240. The Morgan fingerprint density at radius 3 is 2.45 bits per heavy atom. The van der Waals surface area contributed by atoms with E-state index in [0.29, 0.717) is 0 Å². The molecule has 0 fully saturated rings. The van der Waals surface area contributed by atoms with E-state index in [2.05, 4.69) is 36.4 Å². The van der Waals surface area contributed by atoms with Gasteiger partial charge in [-0.25, -0.2) is 0 Å². The highest BCUT2D eigenvalue weighted by atomic mass is 127. The lowest BCUT2D eigenvalue weighted by Crippen LogP contribution is -1.90. The molecule has 0 aliphatic rings. The largest absolute Gasteiger partial charge is 0.0829 e. The maximum Gasteiger partial charge on any atom is 0.0577 e. The lowest BCUT2D eigenvalue weighted by molar-refractivity contribution is 1.15. The minimum Gasteiger partial charge on any atom is -0.0829 e. The molecule has 1 rings (SSSR count). The molecule has 1 radical (unpaired) electrons. The number of hydrogen-bond donors (Lipinski definition) is 0. The van der Waals surface area contributed by atoms with Gasteiger partial charge in [-0.05, 0) is 34.2 Å². The Labute approximate surface area is 86.1 Å². The molecule has 59 valence electrons. The molecule has 0 atom stereocenters. The topological polar surface area (TPSA) is 0 Å². The van der Waals surface area contributed by atoms with Crippen molar-refractivity contribution in [2.45, 2.75) is 13.8 Å². The minimum atomic E-state index is 0.869. The third-order valence-electron chi connectivity index (χ3n) is 1.49. The molecule has 0 amide bonds. The van der Waals surface area contributed by atoms with Crippen molar-refractivity contribution in [2.75, 3.05) is 0 Å². The lowest BCUT2D eigenvalue weighted by Gasteiger charge is -2.07. The van der Waals surface area contributed by atoms with Crippen molar-refractivity contribution in [1.29, 1.82) is 0 Å². The quantitative estimate of drug-likeness (QED) is 0.684. The van der Waals surface area contributed by atoms with Gasteiger partial charge >= 0.3 is 0 Å². The van der Waals surface area contributed by atoms with Gasteiger partial charge in [0, 0.05) is 9.49 Å². The number of benzene rings is 1. The van der Waals surface area contributed by atoms with Gasteiger partial charge in [-0.2, -0.15) is 0 Å². The molecule has 11 heavy (non-hydrogen) atoms. The molecule has 0 N–H and O–H groups in total. The maximum absolute atomic E-state index is 6.06. The summed E-state index contributed by atoms with van der Waals surface area (Å²) >= 11 is 8.30. The van der Waals surface area contributed by atoms with Crippen molar-refractivity contribution in [2.24, 2.45) is 0 Å². The van der Waals surface area contributed by atoms with Crippen LogP contribution in [0.4, 0.5) is 0 Å². The van der Waals surface area contributed by atoms with Gasteiger partial charge in [0.05, 0.1) is 5.02 Å². The molecule has 2 heteroatoms. The van der Waals surface area contributed by atoms with Crippen molar-refractivity contribution < 1.29 is 0 Å². The zero-order chi connectivity index (χ0) is 8.43. The van der Waals surface area contributed by atoms with Gasteiger partial charge in [0.25, 0.3) is 0 Å². The first kappa shape index (κ1) is 9.33. The smallest absolute Gasteiger partial charge is 0.0577 e. The summed E-state index contributed by atoms with van der Waals surface area (Å²) in [6.07, 6.45) is 0. The molecule has 0 aromatic heterocycles. The van der Waals surface area contributed by atoms with Crippen molar-refractivity contribution >= 4 is 34.2 Å². The van der Waals surface area contributed by atoms with E-state index in [1.54, 1.807) is 0 Å². The standard InChI is InChI=1S/C9H9ClI/c1-6(2)7-4-3-5-8(11)9(7)10/h3-5H,1-2H3. The van der Waals surface area contributed by atoms with E-state index in [0.717, 1.165) is 14.2 Å². The van der Waals surface area contributed by atoms with Gasteiger partial charge in [0.15, 0.2) is 0 Å². The second-order valence-electron chi connectivity index (χ2n) is 2.60. The molecule has 0 bridgehead atoms. The first-order valence-electron chi connectivity index (χ1n) is 3.37. The Balaban J connectivity index is 3.17. The highest BCUT2D eigenvalue weighted by Gasteiger charge is 2.06. The predicted octanol–water partition coefficient (Wildman–Crippen LogP) is 3.91. The Morgan fingerprint density at radius 2 is 2.00 bits per heavy atom. The summed E-state index contributed by atoms with van der Waals surface area (Å²) in [6, 6.07) is 6.07. The van der Waals surface area contributed by atoms with E-state index < -0.39 is 0 Å². The second-order valence-corrected chi connectivity index (χ2v) is 4.14. The Bertz CT molecular complexity index is 256. The monoisotopic (exact) mass is 279 g/mol. The van der Waals surface area contributed by atoms with E-state index in [4.69, 9.17) is 11.6 Å². The molecule has 0 unspecified atom stereocenters. The highest BCUT2D eigenvalue weighted by molar-refractivity contribution is 14.1. The van der Waals surface area contributed by atoms with Crippen LogP contribution in [0.25, 0.3) is 0 Å². The fourth-order valence-corrected chi connectivity index (χ4v) is 1.70. The molecule has 1 aromatic carbocycles. The van der Waals surface area contributed by atoms with Crippen molar-refractivity contribution in [1.82, 2.24) is 0 Å². The zero-order valence-corrected chi connectivity index (χ0v) is 9.40. The predicted molar refractivity (Wildman–Crippen MR) is 57.9 cm³/mol. The van der Waals surface area contributed by atoms with Crippen LogP contribution in [0.3, 0.4) is 0 Å². The Kier molecular flexibility index (Phi) is 3.19. The van der Waals surface area contributed by atoms with E-state index in [1.807, 2.05) is 18.2 Å². The average Bonchev–Trinajstić information content (AvgIpc) is 1.94. The van der Waals surface area contributed by atoms with Gasteiger partial charge < -0.3 is 0 Å². The summed E-state index contributed by atoms with van der Waals surface area (Å²) in [5, 5.41) is 0.869. The van der Waals surface area contributed by atoms with Crippen LogP contribution in [0.2, 0.25) is 5.02 Å². The molecule has 1 aromatic rings. The number of rotatable bonds is 1. The first-order chi connectivity index (χ1) is 5.13. The molecule has 0 aliphatic carbocycles. The maximum atomic E-state index is 6.06. The summed E-state index contributed by atoms with van der Waals surface area (Å²) in [7, 11) is 0. The van der Waals surface area contributed by atoms with Crippen LogP contribution in [0, 0.1) is 9.49 Å². The summed E-state index contributed by atoms with van der Waals surface area (Å²) in [4.78, 5) is 0. The second kappa shape index (κ2) is 3.76. The molecule has 0 spiro atoms. The lowest BCUT2D eigenvalue weighted by atomic mass is 10.0. The van der Waals surface area contributed by atoms with Crippen LogP contribution in [0.5, 0.6) is 0 Å². The SMILES string of the molecule is C[C](C)c1cccc(I)c1Cl. The van der Waals surface area contributed by atoms with Gasteiger partial charge in [0.1, 0.15) is 0 Å². The summed E-state index contributed by atoms with van der Waals surface area (Å²) in [5.74, 6) is 1.26. The average molecular weight is 280 g/mol. The fraction of sp³-hybridized carbons (Fsp3) is 0.222. The van der Waals surface area contributed by atoms with Crippen molar-refractivity contribution in [3.05, 3.63) is 38.3 Å². The van der Waals surface area contributed by atoms with E-state index in [1.165, 1.54) is 5.92 Å². The normalized spacial score (nSPS) is 10.6. The van der Waals surface area contributed by atoms with Crippen LogP contribution in [-0.4, -0.2) is 0 Å². The first-order valence-corrected chi connectivity index (χ1v) is 4.83. The van der Waals surface area contributed by atoms with E-state index in [-0.39, 0.29) is 0 Å². The molecular weight excluding hydrogens is 270 g/mol. The van der Waals surface area contributed by atoms with Crippen LogP contribution >= 0.6 is 34.2 Å². The van der Waals surface area contributed by atoms with Crippen LogP contribution in [0.15, 0.2) is 18.2 Å². The van der Waals surface area contributed by atoms with Crippen LogP contribution in [-0.2, 0) is 0 Å². The summed E-state index contributed by atoms with van der Waals surface area (Å²) in [6.45, 7) is 4.13. The molecule has 0 aliphatic heterocycles. The molecular formula is C9H9ClI. The molecule has 0 saturated carbocycles. The van der Waals surface area contributed by atoms with Crippen LogP contribution in [0.1, 0.15) is 19.4 Å². The van der Waals surface area contributed by atoms with Gasteiger partial charge in [-0.15, -0.1) is 0 Å². The fourth-order valence-electron chi connectivity index (χ4n) is 0.890. The van der Waals surface area contributed by atoms with Gasteiger partial charge in [-0.1, -0.05) is 37.6 Å².